The van der Waals surface area contributed by atoms with E-state index in [1.807, 2.05) is 18.2 Å². The number of nitrogens with zero attached hydrogens (tertiary/aromatic N) is 1. The molecule has 0 N–H and O–H groups in total. The molecule has 0 saturated heterocycles. The van der Waals surface area contributed by atoms with Gasteiger partial charge in [-0.1, -0.05) is 6.07 Å². The van der Waals surface area contributed by atoms with Crippen molar-refractivity contribution >= 4 is 13.5 Å². The lowest BCUT2D eigenvalue weighted by molar-refractivity contribution is 1.33. The van der Waals surface area contributed by atoms with E-state index in [4.69, 9.17) is 0 Å². The Morgan fingerprint density at radius 3 is 1.57 bits per heavy atom. The van der Waals surface area contributed by atoms with Gasteiger partial charge >= 0.3 is 0 Å². The molecule has 7 heavy (non-hydrogen) atoms. The third kappa shape index (κ3) is 2.23. The minimum atomic E-state index is 0. The van der Waals surface area contributed by atoms with Crippen LogP contribution in [0.2, 0.25) is 0 Å². The van der Waals surface area contributed by atoms with Gasteiger partial charge in [0.15, 0.2) is 0 Å². The molecule has 0 amide bonds. The lowest BCUT2D eigenvalue weighted by atomic mass is 10.5. The van der Waals surface area contributed by atoms with E-state index in [2.05, 4.69) is 4.98 Å². The van der Waals surface area contributed by atoms with E-state index in [-0.39, 0.29) is 13.5 Å². The minimum Gasteiger partial charge on any atom is -0.265 e. The fourth-order valence-corrected chi connectivity index (χ4v) is 0.313. The molecule has 2 heteroatoms. The van der Waals surface area contributed by atoms with Crippen molar-refractivity contribution in [3.05, 3.63) is 30.6 Å². The van der Waals surface area contributed by atoms with Gasteiger partial charge in [0, 0.05) is 12.4 Å². The maximum Gasteiger partial charge on any atom is 0.0267 e. The molecule has 1 rings (SSSR count). The largest absolute Gasteiger partial charge is 0.265 e. The number of pyridine rings is 1. The average molecular weight is 113 g/mol. The van der Waals surface area contributed by atoms with Gasteiger partial charge in [0.25, 0.3) is 0 Å². The molecule has 38 valence electrons. The Labute approximate surface area is 49.8 Å². The Balaban J connectivity index is 0.000000360. The van der Waals surface area contributed by atoms with Crippen molar-refractivity contribution < 1.29 is 0 Å². The van der Waals surface area contributed by atoms with Crippen molar-refractivity contribution in [3.63, 3.8) is 0 Å². The molecule has 0 aliphatic carbocycles. The highest BCUT2D eigenvalue weighted by atomic mass is 32.1. The first-order valence-corrected chi connectivity index (χ1v) is 1.85. The topological polar surface area (TPSA) is 12.9 Å². The summed E-state index contributed by atoms with van der Waals surface area (Å²) in [4.78, 5) is 3.78. The van der Waals surface area contributed by atoms with Gasteiger partial charge in [0.1, 0.15) is 0 Å². The molecule has 1 aromatic rings. The number of hydrogen-bond donors (Lipinski definition) is 0. The first-order chi connectivity index (χ1) is 3.00. The minimum absolute atomic E-state index is 0. The van der Waals surface area contributed by atoms with Gasteiger partial charge in [0.2, 0.25) is 0 Å². The van der Waals surface area contributed by atoms with Crippen LogP contribution in [0.3, 0.4) is 0 Å². The van der Waals surface area contributed by atoms with E-state index >= 15 is 0 Å². The average Bonchev–Trinajstić information content (AvgIpc) is 1.72. The van der Waals surface area contributed by atoms with Crippen LogP contribution in [-0.2, 0) is 0 Å². The van der Waals surface area contributed by atoms with Crippen LogP contribution in [0.1, 0.15) is 0 Å². The number of hydrogen-bond acceptors (Lipinski definition) is 1. The normalized spacial score (nSPS) is 6.86. The molecule has 0 atom stereocenters. The summed E-state index contributed by atoms with van der Waals surface area (Å²) in [5.41, 5.74) is 0. The Bertz CT molecular complexity index is 80.0. The second kappa shape index (κ2) is 3.68. The molecule has 0 aliphatic rings. The van der Waals surface area contributed by atoms with Crippen molar-refractivity contribution in [2.24, 2.45) is 0 Å². The lowest BCUT2D eigenvalue weighted by Crippen LogP contribution is -1.58. The van der Waals surface area contributed by atoms with Crippen LogP contribution in [0, 0.1) is 0 Å². The molecular formula is C5H7NS. The van der Waals surface area contributed by atoms with Gasteiger partial charge in [-0.2, -0.15) is 13.5 Å². The first-order valence-electron chi connectivity index (χ1n) is 1.85. The zero-order chi connectivity index (χ0) is 4.24. The zero-order valence-electron chi connectivity index (χ0n) is 3.83. The lowest BCUT2D eigenvalue weighted by Gasteiger charge is -1.70. The summed E-state index contributed by atoms with van der Waals surface area (Å²) < 4.78 is 0. The van der Waals surface area contributed by atoms with Gasteiger partial charge in [0.05, 0.1) is 0 Å². The predicted octanol–water partition coefficient (Wildman–Crippen LogP) is 1.19. The highest BCUT2D eigenvalue weighted by Crippen LogP contribution is 1.73. The standard InChI is InChI=1S/C5H5N.H2S/c1-2-4-6-5-3-1;/h1-5H;1H2. The first kappa shape index (κ1) is 6.50. The van der Waals surface area contributed by atoms with Crippen LogP contribution in [0.5, 0.6) is 0 Å². The maximum absolute atomic E-state index is 3.78. The molecule has 0 saturated carbocycles. The van der Waals surface area contributed by atoms with Crippen LogP contribution in [-0.4, -0.2) is 4.98 Å². The van der Waals surface area contributed by atoms with Crippen LogP contribution in [0.4, 0.5) is 0 Å². The summed E-state index contributed by atoms with van der Waals surface area (Å²) in [7, 11) is 0. The molecule has 0 fully saturated rings. The van der Waals surface area contributed by atoms with Crippen molar-refractivity contribution in [3.8, 4) is 0 Å². The molecule has 0 aliphatic heterocycles. The van der Waals surface area contributed by atoms with E-state index in [1.165, 1.54) is 0 Å². The van der Waals surface area contributed by atoms with E-state index < -0.39 is 0 Å². The second-order valence-electron chi connectivity index (χ2n) is 1.02. The van der Waals surface area contributed by atoms with E-state index in [9.17, 15) is 0 Å². The third-order valence-electron chi connectivity index (χ3n) is 0.566. The Kier molecular flexibility index (Phi) is 3.42. The predicted molar refractivity (Wildman–Crippen MR) is 34.6 cm³/mol. The quantitative estimate of drug-likeness (QED) is 0.492. The molecule has 1 heterocycles. The van der Waals surface area contributed by atoms with Crippen LogP contribution >= 0.6 is 13.5 Å². The van der Waals surface area contributed by atoms with Gasteiger partial charge in [-0.05, 0) is 12.1 Å². The van der Waals surface area contributed by atoms with Crippen molar-refractivity contribution in [2.75, 3.05) is 0 Å². The fraction of sp³-hybridized carbons (Fsp3) is 0. The molecule has 0 spiro atoms. The monoisotopic (exact) mass is 113 g/mol. The molecule has 1 nitrogen and oxygen atoms in total. The van der Waals surface area contributed by atoms with E-state index in [0.29, 0.717) is 0 Å². The van der Waals surface area contributed by atoms with Crippen molar-refractivity contribution in [1.29, 1.82) is 0 Å². The maximum atomic E-state index is 3.78. The smallest absolute Gasteiger partial charge is 0.0267 e. The van der Waals surface area contributed by atoms with Gasteiger partial charge in [-0.3, -0.25) is 4.98 Å². The molecule has 1 aromatic heterocycles. The molecule has 0 radical (unpaired) electrons. The summed E-state index contributed by atoms with van der Waals surface area (Å²) in [6.45, 7) is 0. The molecule has 0 unspecified atom stereocenters. The Hall–Kier alpha value is -0.500. The Morgan fingerprint density at radius 2 is 1.43 bits per heavy atom. The van der Waals surface area contributed by atoms with Crippen molar-refractivity contribution in [1.82, 2.24) is 4.98 Å². The Morgan fingerprint density at radius 1 is 0.857 bits per heavy atom. The van der Waals surface area contributed by atoms with Gasteiger partial charge in [-0.25, -0.2) is 0 Å². The van der Waals surface area contributed by atoms with E-state index in [0.717, 1.165) is 0 Å². The fourth-order valence-electron chi connectivity index (χ4n) is 0.313. The molecule has 0 bridgehead atoms. The third-order valence-corrected chi connectivity index (χ3v) is 0.566. The van der Waals surface area contributed by atoms with Crippen LogP contribution < -0.4 is 0 Å². The molecule has 0 aromatic carbocycles. The van der Waals surface area contributed by atoms with Crippen LogP contribution in [0.15, 0.2) is 30.6 Å². The van der Waals surface area contributed by atoms with Gasteiger partial charge in [-0.15, -0.1) is 0 Å². The summed E-state index contributed by atoms with van der Waals surface area (Å²) >= 11 is 0. The highest BCUT2D eigenvalue weighted by Gasteiger charge is 1.58. The highest BCUT2D eigenvalue weighted by molar-refractivity contribution is 7.59. The zero-order valence-corrected chi connectivity index (χ0v) is 4.83. The van der Waals surface area contributed by atoms with E-state index in [1.54, 1.807) is 12.4 Å². The second-order valence-corrected chi connectivity index (χ2v) is 1.02. The van der Waals surface area contributed by atoms with Crippen LogP contribution in [0.25, 0.3) is 0 Å². The number of aromatic nitrogens is 1. The summed E-state index contributed by atoms with van der Waals surface area (Å²) in [5.74, 6) is 0. The summed E-state index contributed by atoms with van der Waals surface area (Å²) in [6.07, 6.45) is 3.50. The van der Waals surface area contributed by atoms with Crippen molar-refractivity contribution in [2.45, 2.75) is 0 Å². The summed E-state index contributed by atoms with van der Waals surface area (Å²) in [6, 6.07) is 5.72. The summed E-state index contributed by atoms with van der Waals surface area (Å²) in [5, 5.41) is 0. The van der Waals surface area contributed by atoms with Gasteiger partial charge < -0.3 is 0 Å². The number of rotatable bonds is 0. The SMILES string of the molecule is S.c1ccncc1. The molecular weight excluding hydrogens is 106 g/mol.